The third-order valence-corrected chi connectivity index (χ3v) is 6.84. The second kappa shape index (κ2) is 9.22. The minimum atomic E-state index is -4.30. The fourth-order valence-electron chi connectivity index (χ4n) is 3.03. The quantitative estimate of drug-likeness (QED) is 0.442. The molecule has 1 unspecified atom stereocenters. The Hall–Kier alpha value is -2.41. The number of halogens is 1. The van der Waals surface area contributed by atoms with Gasteiger partial charge < -0.3 is 20.2 Å². The van der Waals surface area contributed by atoms with E-state index in [9.17, 15) is 17.7 Å². The molecule has 0 radical (unpaired) electrons. The lowest BCUT2D eigenvalue weighted by Crippen LogP contribution is -2.38. The lowest BCUT2D eigenvalue weighted by molar-refractivity contribution is 0.378. The standard InChI is InChI=1S/C19H24ClN5O5S2/c1-9(2)11-7-14(30-8-11)15(10(3)4)23-19-18(24-31(27)25-19)22-13-6-5-12(20)17(16(13)26)32(21,28)29/h5-10,15,26H,1-4H3,(H,22,24)(H,23,25)(H2,21,28,29)/t15-,31?/m1/s1. The third kappa shape index (κ3) is 5.14. The first-order chi connectivity index (χ1) is 14.9. The maximum atomic E-state index is 12.0. The number of rotatable bonds is 6. The fourth-order valence-corrected chi connectivity index (χ4v) is 4.85. The summed E-state index contributed by atoms with van der Waals surface area (Å²) in [4.78, 5) is -0.632. The zero-order chi connectivity index (χ0) is 23.8. The lowest BCUT2D eigenvalue weighted by Gasteiger charge is -2.22. The van der Waals surface area contributed by atoms with E-state index >= 15 is 0 Å². The van der Waals surface area contributed by atoms with Gasteiger partial charge in [-0.25, -0.2) is 17.8 Å². The molecule has 0 fully saturated rings. The molecule has 1 aromatic carbocycles. The van der Waals surface area contributed by atoms with Crippen LogP contribution in [0.15, 0.2) is 42.6 Å². The minimum absolute atomic E-state index is 0.0441. The van der Waals surface area contributed by atoms with Crippen LogP contribution in [-0.4, -0.2) is 29.4 Å². The number of sulfonamides is 1. The van der Waals surface area contributed by atoms with Crippen LogP contribution in [0.5, 0.6) is 5.75 Å². The van der Waals surface area contributed by atoms with Crippen molar-refractivity contribution in [2.75, 3.05) is 5.32 Å². The number of amidine groups is 2. The van der Waals surface area contributed by atoms with Crippen LogP contribution < -0.4 is 15.8 Å². The number of anilines is 1. The summed E-state index contributed by atoms with van der Waals surface area (Å²) in [5, 5.41) is 21.2. The maximum Gasteiger partial charge on any atom is 0.269 e. The van der Waals surface area contributed by atoms with E-state index in [-0.39, 0.29) is 40.3 Å². The molecule has 174 valence electrons. The molecule has 5 N–H and O–H groups in total. The van der Waals surface area contributed by atoms with E-state index in [1.165, 1.54) is 12.1 Å². The molecule has 13 heteroatoms. The predicted molar refractivity (Wildman–Crippen MR) is 125 cm³/mol. The highest BCUT2D eigenvalue weighted by Gasteiger charge is 2.29. The molecule has 2 atom stereocenters. The van der Waals surface area contributed by atoms with Gasteiger partial charge in [0.15, 0.2) is 17.4 Å². The topological polar surface area (TPSA) is 159 Å². The molecule has 0 bridgehead atoms. The Labute approximate surface area is 193 Å². The highest BCUT2D eigenvalue weighted by atomic mass is 35.5. The van der Waals surface area contributed by atoms with Crippen LogP contribution in [0.2, 0.25) is 5.02 Å². The Kier molecular flexibility index (Phi) is 6.98. The summed E-state index contributed by atoms with van der Waals surface area (Å²) in [5.74, 6) is 0.550. The molecule has 2 heterocycles. The molecular weight excluding hydrogens is 478 g/mol. The van der Waals surface area contributed by atoms with Gasteiger partial charge in [-0.1, -0.05) is 39.3 Å². The number of aromatic hydroxyl groups is 1. The number of nitrogens with two attached hydrogens (primary N) is 1. The van der Waals surface area contributed by atoms with Crippen LogP contribution in [0.3, 0.4) is 0 Å². The van der Waals surface area contributed by atoms with Crippen molar-refractivity contribution in [1.82, 2.24) is 5.32 Å². The summed E-state index contributed by atoms with van der Waals surface area (Å²) in [7, 11) is -4.30. The summed E-state index contributed by atoms with van der Waals surface area (Å²) < 4.78 is 49.3. The first-order valence-corrected chi connectivity index (χ1v) is 12.6. The smallest absolute Gasteiger partial charge is 0.269 e. The molecule has 1 aliphatic rings. The molecule has 2 aromatic rings. The van der Waals surface area contributed by atoms with Gasteiger partial charge in [0, 0.05) is 0 Å². The van der Waals surface area contributed by atoms with Crippen molar-refractivity contribution in [2.24, 2.45) is 19.9 Å². The number of benzene rings is 1. The summed E-state index contributed by atoms with van der Waals surface area (Å²) in [6.07, 6.45) is 1.69. The zero-order valence-electron chi connectivity index (χ0n) is 17.8. The van der Waals surface area contributed by atoms with Gasteiger partial charge in [-0.3, -0.25) is 0 Å². The van der Waals surface area contributed by atoms with E-state index in [2.05, 4.69) is 33.3 Å². The van der Waals surface area contributed by atoms with E-state index in [1.807, 2.05) is 19.9 Å². The summed E-state index contributed by atoms with van der Waals surface area (Å²) >= 11 is 3.97. The molecule has 10 nitrogen and oxygen atoms in total. The molecule has 1 aliphatic heterocycles. The monoisotopic (exact) mass is 501 g/mol. The zero-order valence-corrected chi connectivity index (χ0v) is 20.2. The maximum absolute atomic E-state index is 12.0. The highest BCUT2D eigenvalue weighted by Crippen LogP contribution is 2.36. The van der Waals surface area contributed by atoms with E-state index in [1.54, 1.807) is 6.26 Å². The average Bonchev–Trinajstić information content (AvgIpc) is 3.27. The van der Waals surface area contributed by atoms with Crippen molar-refractivity contribution >= 4 is 50.2 Å². The molecule has 0 saturated carbocycles. The molecular formula is C19H24ClN5O5S2. The van der Waals surface area contributed by atoms with Gasteiger partial charge in [0.05, 0.1) is 23.0 Å². The first kappa shape index (κ1) is 24.2. The number of hydrogen-bond donors (Lipinski definition) is 4. The fraction of sp³-hybridized carbons (Fsp3) is 0.368. The SMILES string of the molecule is CC(C)c1coc([C@H](NC2=NS(=O)N=C2Nc2ccc(Cl)c(S(N)(=O)=O)c2O)C(C)C)c1. The Morgan fingerprint density at radius 1 is 1.19 bits per heavy atom. The van der Waals surface area contributed by atoms with Gasteiger partial charge in [-0.2, -0.15) is 0 Å². The summed E-state index contributed by atoms with van der Waals surface area (Å²) in [6.45, 7) is 8.07. The lowest BCUT2D eigenvalue weighted by atomic mass is 9.99. The molecule has 0 spiro atoms. The molecule has 0 amide bonds. The van der Waals surface area contributed by atoms with Gasteiger partial charge in [-0.15, -0.1) is 8.80 Å². The van der Waals surface area contributed by atoms with Crippen LogP contribution in [0.25, 0.3) is 0 Å². The van der Waals surface area contributed by atoms with Gasteiger partial charge in [-0.05, 0) is 35.6 Å². The Morgan fingerprint density at radius 3 is 2.41 bits per heavy atom. The minimum Gasteiger partial charge on any atom is -0.504 e. The van der Waals surface area contributed by atoms with E-state index < -0.39 is 31.8 Å². The van der Waals surface area contributed by atoms with Crippen molar-refractivity contribution in [3.63, 3.8) is 0 Å². The van der Waals surface area contributed by atoms with Crippen molar-refractivity contribution in [3.05, 3.63) is 40.8 Å². The first-order valence-electron chi connectivity index (χ1n) is 9.64. The van der Waals surface area contributed by atoms with Gasteiger partial charge in [0.1, 0.15) is 10.7 Å². The number of nitrogens with zero attached hydrogens (tertiary/aromatic N) is 2. The molecule has 0 aliphatic carbocycles. The number of hydrogen-bond acceptors (Lipinski definition) is 7. The van der Waals surface area contributed by atoms with Gasteiger partial charge >= 0.3 is 0 Å². The number of nitrogens with one attached hydrogen (secondary N) is 2. The Balaban J connectivity index is 1.90. The second-order valence-corrected chi connectivity index (χ2v) is 10.6. The Bertz CT molecular complexity index is 1220. The van der Waals surface area contributed by atoms with Crippen LogP contribution in [0.1, 0.15) is 51.0 Å². The van der Waals surface area contributed by atoms with Crippen LogP contribution in [-0.2, 0) is 21.2 Å². The number of phenolic OH excluding ortho intramolecular Hbond substituents is 1. The number of primary sulfonamides is 1. The third-order valence-electron chi connectivity index (χ3n) is 4.76. The van der Waals surface area contributed by atoms with E-state index in [0.29, 0.717) is 5.76 Å². The average molecular weight is 502 g/mol. The van der Waals surface area contributed by atoms with Gasteiger partial charge in [0.2, 0.25) is 10.0 Å². The molecule has 32 heavy (non-hydrogen) atoms. The highest BCUT2D eigenvalue weighted by molar-refractivity contribution is 7.89. The van der Waals surface area contributed by atoms with Crippen LogP contribution >= 0.6 is 11.6 Å². The summed E-state index contributed by atoms with van der Waals surface area (Å²) in [5.41, 5.74) is 0.991. The van der Waals surface area contributed by atoms with Crippen LogP contribution in [0.4, 0.5) is 5.69 Å². The van der Waals surface area contributed by atoms with E-state index in [4.69, 9.17) is 21.2 Å². The van der Waals surface area contributed by atoms with Crippen molar-refractivity contribution in [2.45, 2.75) is 44.6 Å². The van der Waals surface area contributed by atoms with Crippen molar-refractivity contribution in [3.8, 4) is 5.75 Å². The van der Waals surface area contributed by atoms with Crippen LogP contribution in [0, 0.1) is 5.92 Å². The number of furan rings is 1. The normalized spacial score (nSPS) is 17.4. The van der Waals surface area contributed by atoms with Crippen molar-refractivity contribution < 1.29 is 22.2 Å². The van der Waals surface area contributed by atoms with Crippen molar-refractivity contribution in [1.29, 1.82) is 0 Å². The Morgan fingerprint density at radius 2 is 1.84 bits per heavy atom. The van der Waals surface area contributed by atoms with E-state index in [0.717, 1.165) is 5.56 Å². The second-order valence-electron chi connectivity index (χ2n) is 7.86. The molecule has 3 rings (SSSR count). The van der Waals surface area contributed by atoms with Gasteiger partial charge in [0.25, 0.3) is 11.2 Å². The summed E-state index contributed by atoms with van der Waals surface area (Å²) in [6, 6.07) is 4.23. The predicted octanol–water partition coefficient (Wildman–Crippen LogP) is 3.20. The number of phenols is 1. The largest absolute Gasteiger partial charge is 0.504 e. The molecule has 0 saturated heterocycles. The molecule has 1 aromatic heterocycles.